The maximum Gasteiger partial charge on any atom is 0.255 e. The molecule has 1 N–H and O–H groups in total. The summed E-state index contributed by atoms with van der Waals surface area (Å²) in [5, 5.41) is 1.55. The van der Waals surface area contributed by atoms with Crippen LogP contribution in [0.3, 0.4) is 0 Å². The zero-order valence-electron chi connectivity index (χ0n) is 12.2. The Morgan fingerprint density at radius 3 is 2.82 bits per heavy atom. The van der Waals surface area contributed by atoms with Crippen molar-refractivity contribution in [2.75, 3.05) is 13.6 Å². The third kappa shape index (κ3) is 2.97. The zero-order chi connectivity index (χ0) is 15.5. The normalized spacial score (nSPS) is 10.8. The fraction of sp³-hybridized carbons (Fsp3) is 0.176. The van der Waals surface area contributed by atoms with Gasteiger partial charge in [0.2, 0.25) is 0 Å². The van der Waals surface area contributed by atoms with E-state index in [0.29, 0.717) is 17.1 Å². The molecule has 2 aromatic heterocycles. The van der Waals surface area contributed by atoms with Crippen LogP contribution in [0.1, 0.15) is 15.9 Å². The van der Waals surface area contributed by atoms with Gasteiger partial charge < -0.3 is 9.88 Å². The van der Waals surface area contributed by atoms with Crippen molar-refractivity contribution in [3.8, 4) is 0 Å². The SMILES string of the molecule is CN(CCc1ccncc1)C(=O)c1c[nH]c2cc(Cl)ccc12. The minimum Gasteiger partial charge on any atom is -0.360 e. The summed E-state index contributed by atoms with van der Waals surface area (Å²) in [4.78, 5) is 21.4. The van der Waals surface area contributed by atoms with Crippen molar-refractivity contribution in [1.82, 2.24) is 14.9 Å². The molecule has 0 spiro atoms. The highest BCUT2D eigenvalue weighted by molar-refractivity contribution is 6.31. The first-order valence-corrected chi connectivity index (χ1v) is 7.44. The summed E-state index contributed by atoms with van der Waals surface area (Å²) in [6.45, 7) is 0.656. The highest BCUT2D eigenvalue weighted by Crippen LogP contribution is 2.23. The number of hydrogen-bond acceptors (Lipinski definition) is 2. The summed E-state index contributed by atoms with van der Waals surface area (Å²) in [6.07, 6.45) is 6.08. The Labute approximate surface area is 133 Å². The van der Waals surface area contributed by atoms with E-state index in [-0.39, 0.29) is 5.91 Å². The predicted octanol–water partition coefficient (Wildman–Crippen LogP) is 3.53. The number of pyridine rings is 1. The van der Waals surface area contributed by atoms with E-state index in [2.05, 4.69) is 9.97 Å². The van der Waals surface area contributed by atoms with E-state index >= 15 is 0 Å². The van der Waals surface area contributed by atoms with Crippen molar-refractivity contribution < 1.29 is 4.79 Å². The van der Waals surface area contributed by atoms with Crippen LogP contribution in [0.5, 0.6) is 0 Å². The van der Waals surface area contributed by atoms with Crippen molar-refractivity contribution in [3.63, 3.8) is 0 Å². The molecule has 0 aliphatic heterocycles. The lowest BCUT2D eigenvalue weighted by Crippen LogP contribution is -2.28. The minimum atomic E-state index is 0.00243. The van der Waals surface area contributed by atoms with Crippen LogP contribution in [-0.2, 0) is 6.42 Å². The number of aromatic nitrogens is 2. The van der Waals surface area contributed by atoms with E-state index in [1.165, 1.54) is 5.56 Å². The Bertz CT molecular complexity index is 798. The second-order valence-corrected chi connectivity index (χ2v) is 5.66. The van der Waals surface area contributed by atoms with Gasteiger partial charge in [-0.2, -0.15) is 0 Å². The van der Waals surface area contributed by atoms with Crippen LogP contribution >= 0.6 is 11.6 Å². The van der Waals surface area contributed by atoms with Gasteiger partial charge in [-0.3, -0.25) is 9.78 Å². The lowest BCUT2D eigenvalue weighted by Gasteiger charge is -2.16. The van der Waals surface area contributed by atoms with Crippen molar-refractivity contribution in [2.45, 2.75) is 6.42 Å². The fourth-order valence-corrected chi connectivity index (χ4v) is 2.60. The number of benzene rings is 1. The van der Waals surface area contributed by atoms with Crippen LogP contribution in [0, 0.1) is 0 Å². The van der Waals surface area contributed by atoms with Crippen LogP contribution in [-0.4, -0.2) is 34.4 Å². The number of hydrogen-bond donors (Lipinski definition) is 1. The standard InChI is InChI=1S/C17H16ClN3O/c1-21(9-6-12-4-7-19-8-5-12)17(22)15-11-20-16-10-13(18)2-3-14(15)16/h2-5,7-8,10-11,20H,6,9H2,1H3. The van der Waals surface area contributed by atoms with Gasteiger partial charge in [-0.1, -0.05) is 17.7 Å². The third-order valence-corrected chi connectivity index (χ3v) is 3.94. The van der Waals surface area contributed by atoms with Crippen LogP contribution in [0.25, 0.3) is 10.9 Å². The Hall–Kier alpha value is -2.33. The van der Waals surface area contributed by atoms with E-state index < -0.39 is 0 Å². The van der Waals surface area contributed by atoms with Gasteiger partial charge in [0.05, 0.1) is 5.56 Å². The van der Waals surface area contributed by atoms with Gasteiger partial charge in [-0.25, -0.2) is 0 Å². The van der Waals surface area contributed by atoms with Crippen LogP contribution in [0.15, 0.2) is 48.9 Å². The summed E-state index contributed by atoms with van der Waals surface area (Å²) in [6, 6.07) is 9.42. The Kier molecular flexibility index (Phi) is 4.11. The minimum absolute atomic E-state index is 0.00243. The largest absolute Gasteiger partial charge is 0.360 e. The molecule has 3 aromatic rings. The van der Waals surface area contributed by atoms with Crippen molar-refractivity contribution in [1.29, 1.82) is 0 Å². The highest BCUT2D eigenvalue weighted by Gasteiger charge is 2.16. The molecule has 4 nitrogen and oxygen atoms in total. The maximum atomic E-state index is 12.6. The second kappa shape index (κ2) is 6.20. The van der Waals surface area contributed by atoms with Gasteiger partial charge in [0, 0.05) is 48.1 Å². The molecule has 22 heavy (non-hydrogen) atoms. The number of fused-ring (bicyclic) bond motifs is 1. The van der Waals surface area contributed by atoms with E-state index in [4.69, 9.17) is 11.6 Å². The molecule has 1 amide bonds. The average Bonchev–Trinajstić information content (AvgIpc) is 2.95. The molecule has 0 fully saturated rings. The van der Waals surface area contributed by atoms with Gasteiger partial charge in [-0.15, -0.1) is 0 Å². The molecule has 0 aliphatic carbocycles. The summed E-state index contributed by atoms with van der Waals surface area (Å²) in [7, 11) is 1.82. The molecule has 0 aliphatic rings. The number of rotatable bonds is 4. The second-order valence-electron chi connectivity index (χ2n) is 5.22. The number of likely N-dealkylation sites (N-methyl/N-ethyl adjacent to an activating group) is 1. The van der Waals surface area contributed by atoms with E-state index in [1.807, 2.05) is 31.3 Å². The molecule has 0 radical (unpaired) electrons. The smallest absolute Gasteiger partial charge is 0.255 e. The summed E-state index contributed by atoms with van der Waals surface area (Å²) < 4.78 is 0. The predicted molar refractivity (Wildman–Crippen MR) is 88.2 cm³/mol. The van der Waals surface area contributed by atoms with Crippen molar-refractivity contribution >= 4 is 28.4 Å². The topological polar surface area (TPSA) is 49.0 Å². The molecule has 0 saturated carbocycles. The highest BCUT2D eigenvalue weighted by atomic mass is 35.5. The quantitative estimate of drug-likeness (QED) is 0.801. The molecule has 1 aromatic carbocycles. The molecule has 0 saturated heterocycles. The Morgan fingerprint density at radius 1 is 1.27 bits per heavy atom. The number of halogens is 1. The number of aromatic amines is 1. The first-order chi connectivity index (χ1) is 10.6. The molecular weight excluding hydrogens is 298 g/mol. The monoisotopic (exact) mass is 313 g/mol. The van der Waals surface area contributed by atoms with Gasteiger partial charge in [-0.05, 0) is 36.2 Å². The van der Waals surface area contributed by atoms with E-state index in [9.17, 15) is 4.79 Å². The summed E-state index contributed by atoms with van der Waals surface area (Å²) >= 11 is 5.97. The van der Waals surface area contributed by atoms with Crippen LogP contribution in [0.2, 0.25) is 5.02 Å². The van der Waals surface area contributed by atoms with E-state index in [1.54, 1.807) is 29.6 Å². The molecule has 0 unspecified atom stereocenters. The Morgan fingerprint density at radius 2 is 2.05 bits per heavy atom. The number of nitrogens with one attached hydrogen (secondary N) is 1. The maximum absolute atomic E-state index is 12.6. The molecule has 2 heterocycles. The molecule has 5 heteroatoms. The van der Waals surface area contributed by atoms with Crippen LogP contribution in [0.4, 0.5) is 0 Å². The number of carbonyl (C=O) groups is 1. The first-order valence-electron chi connectivity index (χ1n) is 7.06. The molecule has 0 atom stereocenters. The average molecular weight is 314 g/mol. The lowest BCUT2D eigenvalue weighted by molar-refractivity contribution is 0.0798. The summed E-state index contributed by atoms with van der Waals surface area (Å²) in [5.41, 5.74) is 2.71. The van der Waals surface area contributed by atoms with Crippen molar-refractivity contribution in [2.24, 2.45) is 0 Å². The molecular formula is C17H16ClN3O. The lowest BCUT2D eigenvalue weighted by atomic mass is 10.1. The number of nitrogens with zero attached hydrogens (tertiary/aromatic N) is 2. The molecule has 112 valence electrons. The fourth-order valence-electron chi connectivity index (χ4n) is 2.43. The van der Waals surface area contributed by atoms with Crippen molar-refractivity contribution in [3.05, 3.63) is 65.1 Å². The van der Waals surface area contributed by atoms with Gasteiger partial charge in [0.15, 0.2) is 0 Å². The molecule has 3 rings (SSSR count). The summed E-state index contributed by atoms with van der Waals surface area (Å²) in [5.74, 6) is 0.00243. The number of H-pyrrole nitrogens is 1. The van der Waals surface area contributed by atoms with Gasteiger partial charge in [0.25, 0.3) is 5.91 Å². The van der Waals surface area contributed by atoms with Crippen LogP contribution < -0.4 is 0 Å². The Balaban J connectivity index is 1.74. The number of amides is 1. The van der Waals surface area contributed by atoms with Gasteiger partial charge in [0.1, 0.15) is 0 Å². The van der Waals surface area contributed by atoms with E-state index in [0.717, 1.165) is 17.3 Å². The molecule has 0 bridgehead atoms. The van der Waals surface area contributed by atoms with Gasteiger partial charge >= 0.3 is 0 Å². The zero-order valence-corrected chi connectivity index (χ0v) is 13.0. The number of carbonyl (C=O) groups excluding carboxylic acids is 1. The third-order valence-electron chi connectivity index (χ3n) is 3.71. The first kappa shape index (κ1) is 14.6.